The van der Waals surface area contributed by atoms with Crippen molar-refractivity contribution in [2.24, 2.45) is 0 Å². The Morgan fingerprint density at radius 2 is 2.11 bits per heavy atom. The first-order valence-electron chi connectivity index (χ1n) is 6.67. The molecule has 2 heterocycles. The zero-order valence-electron chi connectivity index (χ0n) is 10.6. The largest absolute Gasteiger partial charge is 0.507 e. The second kappa shape index (κ2) is 5.13. The Morgan fingerprint density at radius 1 is 1.32 bits per heavy atom. The van der Waals surface area contributed by atoms with Crippen molar-refractivity contribution >= 4 is 21.8 Å². The number of aromatic hydroxyl groups is 1. The third-order valence-electron chi connectivity index (χ3n) is 4.00. The van der Waals surface area contributed by atoms with E-state index in [1.165, 1.54) is 6.42 Å². The van der Waals surface area contributed by atoms with Crippen molar-refractivity contribution in [2.75, 3.05) is 13.1 Å². The summed E-state index contributed by atoms with van der Waals surface area (Å²) in [6.07, 6.45) is 3.35. The van der Waals surface area contributed by atoms with Crippen LogP contribution in [0.25, 0.3) is 0 Å². The fourth-order valence-corrected chi connectivity index (χ4v) is 3.34. The highest BCUT2D eigenvalue weighted by Gasteiger charge is 2.32. The summed E-state index contributed by atoms with van der Waals surface area (Å²) < 4.78 is 0.808. The third kappa shape index (κ3) is 2.62. The summed E-state index contributed by atoms with van der Waals surface area (Å²) in [4.78, 5) is 14.4. The molecule has 2 saturated heterocycles. The summed E-state index contributed by atoms with van der Waals surface area (Å²) in [5.74, 6) is -0.0243. The van der Waals surface area contributed by atoms with Crippen LogP contribution in [-0.2, 0) is 0 Å². The van der Waals surface area contributed by atoms with Gasteiger partial charge in [0, 0.05) is 29.6 Å². The summed E-state index contributed by atoms with van der Waals surface area (Å²) in [5, 5.41) is 13.4. The number of phenols is 1. The van der Waals surface area contributed by atoms with Gasteiger partial charge in [0.15, 0.2) is 0 Å². The van der Waals surface area contributed by atoms with Crippen LogP contribution in [0.5, 0.6) is 5.75 Å². The first kappa shape index (κ1) is 12.9. The van der Waals surface area contributed by atoms with Gasteiger partial charge in [0.2, 0.25) is 0 Å². The highest BCUT2D eigenvalue weighted by molar-refractivity contribution is 9.10. The van der Waals surface area contributed by atoms with Crippen LogP contribution in [0, 0.1) is 0 Å². The molecule has 2 N–H and O–H groups in total. The second-order valence-electron chi connectivity index (χ2n) is 5.34. The van der Waals surface area contributed by atoms with Crippen molar-refractivity contribution in [3.63, 3.8) is 0 Å². The minimum atomic E-state index is -0.0758. The van der Waals surface area contributed by atoms with E-state index >= 15 is 0 Å². The summed E-state index contributed by atoms with van der Waals surface area (Å²) >= 11 is 3.34. The predicted molar refractivity (Wildman–Crippen MR) is 76.3 cm³/mol. The van der Waals surface area contributed by atoms with Gasteiger partial charge in [-0.05, 0) is 37.5 Å². The van der Waals surface area contributed by atoms with E-state index in [-0.39, 0.29) is 11.7 Å². The normalized spacial score (nSPS) is 26.3. The molecular formula is C14H17BrN2O2. The Bertz CT molecular complexity index is 506. The molecule has 1 aromatic rings. The summed E-state index contributed by atoms with van der Waals surface area (Å²) in [6.45, 7) is 1.50. The zero-order valence-corrected chi connectivity index (χ0v) is 12.2. The standard InChI is InChI=1S/C14H17BrN2O2/c15-9-1-4-13(18)12(7-9)14(19)17-6-5-10-2-3-11(8-17)16-10/h1,4,7,10-11,16,18H,2-3,5-6,8H2. The van der Waals surface area contributed by atoms with E-state index in [4.69, 9.17) is 0 Å². The lowest BCUT2D eigenvalue weighted by Gasteiger charge is -2.24. The molecule has 2 bridgehead atoms. The lowest BCUT2D eigenvalue weighted by atomic mass is 10.1. The molecule has 0 radical (unpaired) electrons. The Morgan fingerprint density at radius 3 is 2.95 bits per heavy atom. The van der Waals surface area contributed by atoms with E-state index in [1.807, 2.05) is 4.90 Å². The number of fused-ring (bicyclic) bond motifs is 2. The average molecular weight is 325 g/mol. The molecule has 2 atom stereocenters. The Balaban J connectivity index is 1.81. The van der Waals surface area contributed by atoms with Gasteiger partial charge < -0.3 is 15.3 Å². The maximum atomic E-state index is 12.5. The molecule has 102 valence electrons. The molecule has 2 aliphatic heterocycles. The minimum absolute atomic E-state index is 0.0514. The molecule has 1 amide bonds. The number of hydrogen-bond acceptors (Lipinski definition) is 3. The smallest absolute Gasteiger partial charge is 0.257 e. The van der Waals surface area contributed by atoms with Gasteiger partial charge in [0.05, 0.1) is 5.56 Å². The quantitative estimate of drug-likeness (QED) is 0.832. The highest BCUT2D eigenvalue weighted by Crippen LogP contribution is 2.26. The van der Waals surface area contributed by atoms with Crippen molar-refractivity contribution in [2.45, 2.75) is 31.3 Å². The van der Waals surface area contributed by atoms with Crippen molar-refractivity contribution in [3.05, 3.63) is 28.2 Å². The topological polar surface area (TPSA) is 52.6 Å². The van der Waals surface area contributed by atoms with E-state index in [1.54, 1.807) is 18.2 Å². The van der Waals surface area contributed by atoms with Crippen LogP contribution in [0.15, 0.2) is 22.7 Å². The predicted octanol–water partition coefficient (Wildman–Crippen LogP) is 2.12. The Labute approximate surface area is 120 Å². The molecule has 0 saturated carbocycles. The molecule has 3 rings (SSSR count). The van der Waals surface area contributed by atoms with Gasteiger partial charge in [-0.15, -0.1) is 0 Å². The fraction of sp³-hybridized carbons (Fsp3) is 0.500. The van der Waals surface area contributed by atoms with Crippen molar-refractivity contribution in [1.29, 1.82) is 0 Å². The van der Waals surface area contributed by atoms with Gasteiger partial charge in [-0.1, -0.05) is 15.9 Å². The van der Waals surface area contributed by atoms with Crippen LogP contribution in [0.1, 0.15) is 29.6 Å². The molecule has 1 aromatic carbocycles. The van der Waals surface area contributed by atoms with Crippen LogP contribution in [-0.4, -0.2) is 41.1 Å². The first-order chi connectivity index (χ1) is 9.13. The number of benzene rings is 1. The summed E-state index contributed by atoms with van der Waals surface area (Å²) in [7, 11) is 0. The van der Waals surface area contributed by atoms with Crippen LogP contribution < -0.4 is 5.32 Å². The zero-order chi connectivity index (χ0) is 13.4. The van der Waals surface area contributed by atoms with Gasteiger partial charge in [-0.2, -0.15) is 0 Å². The number of likely N-dealkylation sites (tertiary alicyclic amines) is 1. The van der Waals surface area contributed by atoms with Gasteiger partial charge in [-0.3, -0.25) is 4.79 Å². The molecule has 4 nitrogen and oxygen atoms in total. The number of hydrogen-bond donors (Lipinski definition) is 2. The highest BCUT2D eigenvalue weighted by atomic mass is 79.9. The van der Waals surface area contributed by atoms with Gasteiger partial charge >= 0.3 is 0 Å². The van der Waals surface area contributed by atoms with Gasteiger partial charge in [-0.25, -0.2) is 0 Å². The lowest BCUT2D eigenvalue weighted by molar-refractivity contribution is 0.0745. The third-order valence-corrected chi connectivity index (χ3v) is 4.49. The average Bonchev–Trinajstić information content (AvgIpc) is 2.71. The molecule has 5 heteroatoms. The van der Waals surface area contributed by atoms with Crippen molar-refractivity contribution in [3.8, 4) is 5.75 Å². The fourth-order valence-electron chi connectivity index (χ4n) is 2.98. The molecule has 0 spiro atoms. The summed E-state index contributed by atoms with van der Waals surface area (Å²) in [6, 6.07) is 5.94. The monoisotopic (exact) mass is 324 g/mol. The number of amides is 1. The van der Waals surface area contributed by atoms with Crippen LogP contribution in [0.2, 0.25) is 0 Å². The van der Waals surface area contributed by atoms with Crippen LogP contribution in [0.4, 0.5) is 0 Å². The van der Waals surface area contributed by atoms with E-state index in [9.17, 15) is 9.90 Å². The maximum absolute atomic E-state index is 12.5. The Hall–Kier alpha value is -1.07. The number of nitrogens with one attached hydrogen (secondary N) is 1. The van der Waals surface area contributed by atoms with E-state index < -0.39 is 0 Å². The SMILES string of the molecule is O=C(c1cc(Br)ccc1O)N1CCC2CCC(C1)N2. The number of rotatable bonds is 1. The van der Waals surface area contributed by atoms with Crippen LogP contribution >= 0.6 is 15.9 Å². The molecular weight excluding hydrogens is 308 g/mol. The molecule has 2 unspecified atom stereocenters. The van der Waals surface area contributed by atoms with E-state index in [2.05, 4.69) is 21.2 Å². The molecule has 19 heavy (non-hydrogen) atoms. The summed E-state index contributed by atoms with van der Waals surface area (Å²) in [5.41, 5.74) is 0.382. The molecule has 2 aliphatic rings. The number of carbonyl (C=O) groups is 1. The number of halogens is 1. The van der Waals surface area contributed by atoms with Crippen LogP contribution in [0.3, 0.4) is 0 Å². The van der Waals surface area contributed by atoms with E-state index in [0.29, 0.717) is 17.6 Å². The van der Waals surface area contributed by atoms with Gasteiger partial charge in [0.25, 0.3) is 5.91 Å². The van der Waals surface area contributed by atoms with E-state index in [0.717, 1.165) is 30.4 Å². The molecule has 0 aliphatic carbocycles. The Kier molecular flexibility index (Phi) is 3.50. The number of phenolic OH excluding ortho intramolecular Hbond substituents is 1. The number of nitrogens with zero attached hydrogens (tertiary/aromatic N) is 1. The van der Waals surface area contributed by atoms with Crippen molar-refractivity contribution < 1.29 is 9.90 Å². The second-order valence-corrected chi connectivity index (χ2v) is 6.25. The van der Waals surface area contributed by atoms with Gasteiger partial charge in [0.1, 0.15) is 5.75 Å². The molecule has 0 aromatic heterocycles. The minimum Gasteiger partial charge on any atom is -0.507 e. The lowest BCUT2D eigenvalue weighted by Crippen LogP contribution is -2.39. The van der Waals surface area contributed by atoms with Crippen molar-refractivity contribution in [1.82, 2.24) is 10.2 Å². The first-order valence-corrected chi connectivity index (χ1v) is 7.46. The maximum Gasteiger partial charge on any atom is 0.257 e. The molecule has 2 fully saturated rings. The number of carbonyl (C=O) groups excluding carboxylic acids is 1.